The van der Waals surface area contributed by atoms with E-state index >= 15 is 0 Å². The molecule has 0 radical (unpaired) electrons. The van der Waals surface area contributed by atoms with Crippen molar-refractivity contribution in [3.8, 4) is 6.07 Å². The Labute approximate surface area is 149 Å². The van der Waals surface area contributed by atoms with E-state index < -0.39 is 56.0 Å². The second kappa shape index (κ2) is 6.24. The van der Waals surface area contributed by atoms with Crippen molar-refractivity contribution in [1.29, 1.82) is 5.26 Å². The van der Waals surface area contributed by atoms with Gasteiger partial charge in [0.1, 0.15) is 25.6 Å². The fourth-order valence-corrected chi connectivity index (χ4v) is 2.16. The number of hydrogen-bond donors (Lipinski definition) is 1. The number of amides is 1. The molecule has 2 aromatic rings. The highest BCUT2D eigenvalue weighted by atomic mass is 16.2. The van der Waals surface area contributed by atoms with Crippen LogP contribution in [0, 0.1) is 17.2 Å². The van der Waals surface area contributed by atoms with E-state index in [1.807, 2.05) is 0 Å². The highest BCUT2D eigenvalue weighted by molar-refractivity contribution is 5.87. The average Bonchev–Trinajstić information content (AvgIpc) is 2.97. The Morgan fingerprint density at radius 3 is 3.35 bits per heavy atom. The lowest BCUT2D eigenvalue weighted by atomic mass is 9.92. The predicted octanol–water partition coefficient (Wildman–Crippen LogP) is 1.54. The summed E-state index contributed by atoms with van der Waals surface area (Å²) < 4.78 is 83.4. The molecule has 3 heterocycles. The molecule has 1 aliphatic heterocycles. The minimum absolute atomic E-state index is 0.0542. The Bertz CT molecular complexity index is 1180. The van der Waals surface area contributed by atoms with Crippen molar-refractivity contribution in [2.24, 2.45) is 5.92 Å². The summed E-state index contributed by atoms with van der Waals surface area (Å²) in [6, 6.07) is -1.67. The summed E-state index contributed by atoms with van der Waals surface area (Å²) in [5, 5.41) is 8.79. The molecule has 1 amide bonds. The summed E-state index contributed by atoms with van der Waals surface area (Å²) in [5.74, 6) is -3.44. The summed E-state index contributed by atoms with van der Waals surface area (Å²) in [7, 11) is 1.14. The zero-order valence-corrected chi connectivity index (χ0v) is 12.4. The molecular weight excluding hydrogens is 292 g/mol. The van der Waals surface area contributed by atoms with Crippen molar-refractivity contribution in [3.05, 3.63) is 18.5 Å². The first-order valence-corrected chi connectivity index (χ1v) is 6.75. The fourth-order valence-electron chi connectivity index (χ4n) is 2.16. The van der Waals surface area contributed by atoms with Gasteiger partial charge in [0.25, 0.3) is 0 Å². The van der Waals surface area contributed by atoms with Crippen molar-refractivity contribution in [2.45, 2.75) is 25.7 Å². The number of aromatic nitrogens is 3. The number of nitrogens with one attached hydrogen (secondary N) is 1. The van der Waals surface area contributed by atoms with Crippen molar-refractivity contribution in [3.63, 3.8) is 0 Å². The normalized spacial score (nSPS) is 37.3. The van der Waals surface area contributed by atoms with Crippen LogP contribution in [0.1, 0.15) is 33.4 Å². The number of hydrogen-bond acceptors (Lipinski definition) is 5. The highest BCUT2D eigenvalue weighted by Gasteiger charge is 2.32. The molecule has 3 rings (SSSR count). The van der Waals surface area contributed by atoms with Crippen LogP contribution in [0.25, 0.3) is 11.0 Å². The Hall–Kier alpha value is -2.62. The average molecular weight is 322 g/mol. The molecule has 1 saturated heterocycles. The first kappa shape index (κ1) is 7.30. The zero-order chi connectivity index (χ0) is 25.3. The second-order valence-corrected chi connectivity index (χ2v) is 4.84. The molecule has 2 atom stereocenters. The number of nitriles is 1. The van der Waals surface area contributed by atoms with Gasteiger partial charge in [-0.2, -0.15) is 5.26 Å². The quantitative estimate of drug-likeness (QED) is 0.926. The smallest absolute Gasteiger partial charge is 0.236 e. The number of fused-ring (bicyclic) bond motifs is 1. The van der Waals surface area contributed by atoms with E-state index in [2.05, 4.69) is 15.0 Å². The summed E-state index contributed by atoms with van der Waals surface area (Å²) in [6.45, 7) is -5.33. The van der Waals surface area contributed by atoms with Crippen molar-refractivity contribution in [1.82, 2.24) is 19.9 Å². The van der Waals surface area contributed by atoms with Crippen molar-refractivity contribution >= 4 is 22.8 Å². The number of likely N-dealkylation sites (tertiary alicyclic amines) is 1. The summed E-state index contributed by atoms with van der Waals surface area (Å²) in [6.07, 6.45) is -4.89. The van der Waals surface area contributed by atoms with Gasteiger partial charge in [-0.1, -0.05) is 6.92 Å². The van der Waals surface area contributed by atoms with Gasteiger partial charge in [-0.15, -0.1) is 0 Å². The largest absolute Gasteiger partial charge is 0.354 e. The van der Waals surface area contributed by atoms with Crippen molar-refractivity contribution < 1.29 is 18.5 Å². The van der Waals surface area contributed by atoms with Gasteiger partial charge in [0, 0.05) is 31.7 Å². The van der Waals surface area contributed by atoms with E-state index in [0.717, 1.165) is 18.9 Å². The molecule has 0 spiro atoms. The molecule has 0 aliphatic carbocycles. The molecule has 0 bridgehead atoms. The number of nitrogens with zero attached hydrogens (tertiary/aromatic N) is 5. The Morgan fingerprint density at radius 1 is 1.74 bits per heavy atom. The topological polar surface area (TPSA) is 88.9 Å². The molecule has 0 unspecified atom stereocenters. The Balaban J connectivity index is 2.34. The SMILES string of the molecule is [2H]c1nc(N(C)[C@]2([2H])[C@H](C)C([2H])([2H])C([2H])([2H])N(C(=O)CC#N)C2([2H])[2H])c2c([2H])c([2H])[nH]c2n1. The van der Waals surface area contributed by atoms with Crippen LogP contribution in [0.2, 0.25) is 0 Å². The molecule has 1 N–H and O–H groups in total. The lowest BCUT2D eigenvalue weighted by molar-refractivity contribution is -0.131. The number of likely N-dealkylation sites (N-methyl/N-ethyl adjacent to an activating group) is 1. The third kappa shape index (κ3) is 2.84. The van der Waals surface area contributed by atoms with Crippen LogP contribution >= 0.6 is 0 Å². The van der Waals surface area contributed by atoms with Crippen molar-refractivity contribution in [2.75, 3.05) is 24.9 Å². The third-order valence-corrected chi connectivity index (χ3v) is 3.33. The maximum Gasteiger partial charge on any atom is 0.236 e. The lowest BCUT2D eigenvalue weighted by Crippen LogP contribution is -2.52. The number of carbonyl (C=O) groups excluding carboxylic acids is 1. The maximum absolute atomic E-state index is 12.6. The van der Waals surface area contributed by atoms with Crippen LogP contribution in [0.5, 0.6) is 0 Å². The number of aromatic amines is 1. The molecule has 1 aliphatic rings. The first-order chi connectivity index (χ1) is 15.0. The third-order valence-electron chi connectivity index (χ3n) is 3.33. The first-order valence-electron chi connectivity index (χ1n) is 11.7. The van der Waals surface area contributed by atoms with Gasteiger partial charge in [-0.3, -0.25) is 4.79 Å². The molecule has 0 saturated carbocycles. The van der Waals surface area contributed by atoms with E-state index in [4.69, 9.17) is 19.0 Å². The molecule has 1 fully saturated rings. The molecular formula is C16H20N6O. The molecule has 120 valence electrons. The number of H-pyrrole nitrogens is 1. The fraction of sp³-hybridized carbons (Fsp3) is 0.500. The van der Waals surface area contributed by atoms with Gasteiger partial charge in [0.2, 0.25) is 5.91 Å². The maximum atomic E-state index is 12.6. The number of anilines is 1. The summed E-state index contributed by atoms with van der Waals surface area (Å²) in [4.78, 5) is 23.6. The predicted molar refractivity (Wildman–Crippen MR) is 86.7 cm³/mol. The number of carbonyl (C=O) groups is 1. The van der Waals surface area contributed by atoms with Crippen LogP contribution < -0.4 is 4.90 Å². The van der Waals surface area contributed by atoms with E-state index in [1.54, 1.807) is 0 Å². The number of rotatable bonds is 3. The standard InChI is InChI=1S/C16H20N6O/c1-11-5-8-22(14(23)3-6-17)9-13(11)21(2)16-12-4-7-18-15(12)19-10-20-16/h4,7,10-11,13H,3,5,8-9H2,1-2H3,(H,18,19,20)/t11-,13+/m1/s1/i4D,5D2,7D,8D2,9D2,10D,13D. The number of piperidine rings is 1. The van der Waals surface area contributed by atoms with E-state index in [9.17, 15) is 4.79 Å². The zero-order valence-electron chi connectivity index (χ0n) is 22.4. The monoisotopic (exact) mass is 322 g/mol. The van der Waals surface area contributed by atoms with E-state index in [1.165, 1.54) is 6.07 Å². The minimum Gasteiger partial charge on any atom is -0.354 e. The minimum atomic E-state index is -3.22. The summed E-state index contributed by atoms with van der Waals surface area (Å²) >= 11 is 0. The van der Waals surface area contributed by atoms with Gasteiger partial charge < -0.3 is 14.8 Å². The molecule has 7 heteroatoms. The van der Waals surface area contributed by atoms with Gasteiger partial charge in [0.15, 0.2) is 0 Å². The van der Waals surface area contributed by atoms with Crippen LogP contribution in [0.15, 0.2) is 18.5 Å². The van der Waals surface area contributed by atoms with Gasteiger partial charge in [-0.25, -0.2) is 9.97 Å². The van der Waals surface area contributed by atoms with E-state index in [-0.39, 0.29) is 27.9 Å². The lowest BCUT2D eigenvalue weighted by Gasteiger charge is -2.42. The van der Waals surface area contributed by atoms with Gasteiger partial charge in [0.05, 0.1) is 24.3 Å². The Morgan fingerprint density at radius 2 is 2.57 bits per heavy atom. The van der Waals surface area contributed by atoms with Crippen LogP contribution in [0.4, 0.5) is 5.82 Å². The van der Waals surface area contributed by atoms with Gasteiger partial charge >= 0.3 is 0 Å². The second-order valence-electron chi connectivity index (χ2n) is 4.84. The molecule has 23 heavy (non-hydrogen) atoms. The van der Waals surface area contributed by atoms with Crippen LogP contribution in [-0.4, -0.2) is 51.8 Å². The molecule has 7 nitrogen and oxygen atoms in total. The summed E-state index contributed by atoms with van der Waals surface area (Å²) in [5.41, 5.74) is -0.102. The Kier molecular flexibility index (Phi) is 1.98. The van der Waals surface area contributed by atoms with Crippen LogP contribution in [-0.2, 0) is 4.79 Å². The molecule has 2 aromatic heterocycles. The van der Waals surface area contributed by atoms with Gasteiger partial charge in [-0.05, 0) is 18.3 Å². The van der Waals surface area contributed by atoms with Crippen LogP contribution in [0.3, 0.4) is 0 Å². The molecule has 0 aromatic carbocycles. The highest BCUT2D eigenvalue weighted by Crippen LogP contribution is 2.28. The van der Waals surface area contributed by atoms with E-state index in [0.29, 0.717) is 0 Å².